The summed E-state index contributed by atoms with van der Waals surface area (Å²) in [4.78, 5) is 23.7. The van der Waals surface area contributed by atoms with Crippen LogP contribution in [0.4, 0.5) is 5.69 Å². The van der Waals surface area contributed by atoms with Crippen molar-refractivity contribution < 1.29 is 9.59 Å². The van der Waals surface area contributed by atoms with E-state index in [2.05, 4.69) is 22.8 Å². The van der Waals surface area contributed by atoms with Gasteiger partial charge in [0.25, 0.3) is 0 Å². The number of carbonyl (C=O) groups is 2. The van der Waals surface area contributed by atoms with Crippen LogP contribution in [0.2, 0.25) is 0 Å². The van der Waals surface area contributed by atoms with Crippen molar-refractivity contribution in [3.8, 4) is 0 Å². The number of hydrogen-bond acceptors (Lipinski definition) is 2. The van der Waals surface area contributed by atoms with Gasteiger partial charge < -0.3 is 10.6 Å². The van der Waals surface area contributed by atoms with Gasteiger partial charge in [-0.3, -0.25) is 9.59 Å². The molecule has 2 aliphatic rings. The first-order chi connectivity index (χ1) is 12.1. The van der Waals surface area contributed by atoms with E-state index in [1.165, 1.54) is 12.8 Å². The fourth-order valence-corrected chi connectivity index (χ4v) is 4.03. The number of benzene rings is 1. The molecular formula is C21H28N2O2. The average Bonchev–Trinajstić information content (AvgIpc) is 3.20. The lowest BCUT2D eigenvalue weighted by atomic mass is 9.91. The Hall–Kier alpha value is -2.10. The van der Waals surface area contributed by atoms with Gasteiger partial charge in [-0.25, -0.2) is 0 Å². The fraction of sp³-hybridized carbons (Fsp3) is 0.524. The van der Waals surface area contributed by atoms with E-state index in [0.29, 0.717) is 12.8 Å². The minimum atomic E-state index is 0.0310. The summed E-state index contributed by atoms with van der Waals surface area (Å²) >= 11 is 0. The standard InChI is InChI=1S/C21H28N2O2/c1-2-3-20(24)23-19-8-5-15(6-9-19)14-21(25)22-11-10-18-13-16-4-7-17(18)12-16/h4-9,16-18H,2-3,10-14H2,1H3,(H,22,25)(H,23,24)/t16-,17+,18-/m1/s1. The highest BCUT2D eigenvalue weighted by Crippen LogP contribution is 2.44. The molecule has 0 saturated heterocycles. The Bertz CT molecular complexity index is 636. The van der Waals surface area contributed by atoms with E-state index in [9.17, 15) is 9.59 Å². The zero-order valence-corrected chi connectivity index (χ0v) is 15.0. The summed E-state index contributed by atoms with van der Waals surface area (Å²) < 4.78 is 0. The molecular weight excluding hydrogens is 312 g/mol. The molecule has 0 aliphatic heterocycles. The number of amides is 2. The molecule has 1 aromatic rings. The molecule has 2 bridgehead atoms. The van der Waals surface area contributed by atoms with E-state index in [0.717, 1.165) is 48.4 Å². The summed E-state index contributed by atoms with van der Waals surface area (Å²) in [7, 11) is 0. The highest BCUT2D eigenvalue weighted by atomic mass is 16.2. The number of fused-ring (bicyclic) bond motifs is 2. The molecule has 0 radical (unpaired) electrons. The maximum Gasteiger partial charge on any atom is 0.224 e. The van der Waals surface area contributed by atoms with Gasteiger partial charge in [-0.15, -0.1) is 0 Å². The number of rotatable bonds is 8. The topological polar surface area (TPSA) is 58.2 Å². The summed E-state index contributed by atoms with van der Waals surface area (Å²) in [5.41, 5.74) is 1.75. The lowest BCUT2D eigenvalue weighted by Crippen LogP contribution is -2.28. The van der Waals surface area contributed by atoms with Crippen LogP contribution in [0, 0.1) is 17.8 Å². The molecule has 0 aromatic heterocycles. The molecule has 0 unspecified atom stereocenters. The highest BCUT2D eigenvalue weighted by molar-refractivity contribution is 5.90. The number of hydrogen-bond donors (Lipinski definition) is 2. The SMILES string of the molecule is CCCC(=O)Nc1ccc(CC(=O)NCC[C@@H]2C[C@@H]3C=C[C@H]2C3)cc1. The Morgan fingerprint density at radius 2 is 1.88 bits per heavy atom. The largest absolute Gasteiger partial charge is 0.356 e. The zero-order chi connectivity index (χ0) is 17.6. The van der Waals surface area contributed by atoms with Crippen molar-refractivity contribution in [2.45, 2.75) is 45.4 Å². The number of allylic oxidation sites excluding steroid dienone is 2. The first-order valence-electron chi connectivity index (χ1n) is 9.48. The first kappa shape index (κ1) is 17.7. The van der Waals surface area contributed by atoms with Gasteiger partial charge in [0.2, 0.25) is 11.8 Å². The zero-order valence-electron chi connectivity index (χ0n) is 15.0. The Morgan fingerprint density at radius 1 is 1.08 bits per heavy atom. The molecule has 2 amide bonds. The van der Waals surface area contributed by atoms with Crippen LogP contribution in [-0.4, -0.2) is 18.4 Å². The Balaban J connectivity index is 1.37. The van der Waals surface area contributed by atoms with Gasteiger partial charge in [0.1, 0.15) is 0 Å². The minimum absolute atomic E-state index is 0.0310. The normalized spacial score (nSPS) is 23.6. The average molecular weight is 340 g/mol. The molecule has 4 heteroatoms. The van der Waals surface area contributed by atoms with Crippen LogP contribution in [-0.2, 0) is 16.0 Å². The summed E-state index contributed by atoms with van der Waals surface area (Å²) in [6, 6.07) is 7.53. The van der Waals surface area contributed by atoms with Gasteiger partial charge in [-0.2, -0.15) is 0 Å². The molecule has 1 aromatic carbocycles. The van der Waals surface area contributed by atoms with E-state index in [1.54, 1.807) is 0 Å². The third-order valence-corrected chi connectivity index (χ3v) is 5.33. The van der Waals surface area contributed by atoms with Crippen LogP contribution in [0.3, 0.4) is 0 Å². The molecule has 1 saturated carbocycles. The van der Waals surface area contributed by atoms with Crippen molar-refractivity contribution in [1.29, 1.82) is 0 Å². The van der Waals surface area contributed by atoms with Crippen molar-refractivity contribution >= 4 is 17.5 Å². The molecule has 0 heterocycles. The van der Waals surface area contributed by atoms with Gasteiger partial charge in [-0.05, 0) is 61.1 Å². The van der Waals surface area contributed by atoms with Crippen LogP contribution < -0.4 is 10.6 Å². The summed E-state index contributed by atoms with van der Waals surface area (Å²) in [5.74, 6) is 2.39. The van der Waals surface area contributed by atoms with E-state index in [-0.39, 0.29) is 11.8 Å². The molecule has 4 nitrogen and oxygen atoms in total. The van der Waals surface area contributed by atoms with Crippen molar-refractivity contribution in [3.63, 3.8) is 0 Å². The molecule has 0 spiro atoms. The third-order valence-electron chi connectivity index (χ3n) is 5.33. The molecule has 1 fully saturated rings. The Kier molecular flexibility index (Phi) is 5.90. The van der Waals surface area contributed by atoms with E-state index in [1.807, 2.05) is 31.2 Å². The van der Waals surface area contributed by atoms with Crippen LogP contribution in [0.25, 0.3) is 0 Å². The Morgan fingerprint density at radius 3 is 2.52 bits per heavy atom. The molecule has 2 aliphatic carbocycles. The lowest BCUT2D eigenvalue weighted by molar-refractivity contribution is -0.120. The van der Waals surface area contributed by atoms with E-state index < -0.39 is 0 Å². The summed E-state index contributed by atoms with van der Waals surface area (Å²) in [6.45, 7) is 2.75. The van der Waals surface area contributed by atoms with Crippen molar-refractivity contribution in [3.05, 3.63) is 42.0 Å². The van der Waals surface area contributed by atoms with Gasteiger partial charge in [-0.1, -0.05) is 31.2 Å². The lowest BCUT2D eigenvalue weighted by Gasteiger charge is -2.18. The van der Waals surface area contributed by atoms with Crippen LogP contribution in [0.5, 0.6) is 0 Å². The molecule has 2 N–H and O–H groups in total. The van der Waals surface area contributed by atoms with Crippen LogP contribution in [0.15, 0.2) is 36.4 Å². The highest BCUT2D eigenvalue weighted by Gasteiger charge is 2.34. The molecule has 134 valence electrons. The second kappa shape index (κ2) is 8.32. The first-order valence-corrected chi connectivity index (χ1v) is 9.48. The second-order valence-corrected chi connectivity index (χ2v) is 7.35. The van der Waals surface area contributed by atoms with Crippen LogP contribution in [0.1, 0.15) is 44.6 Å². The smallest absolute Gasteiger partial charge is 0.224 e. The number of nitrogens with one attached hydrogen (secondary N) is 2. The van der Waals surface area contributed by atoms with Gasteiger partial charge in [0, 0.05) is 18.7 Å². The molecule has 3 atom stereocenters. The predicted octanol–water partition coefficient (Wildman–Crippen LogP) is 3.69. The molecule has 3 rings (SSSR count). The van der Waals surface area contributed by atoms with Gasteiger partial charge in [0.15, 0.2) is 0 Å². The third kappa shape index (κ3) is 4.94. The minimum Gasteiger partial charge on any atom is -0.356 e. The number of anilines is 1. The summed E-state index contributed by atoms with van der Waals surface area (Å²) in [5, 5.41) is 5.91. The monoisotopic (exact) mass is 340 g/mol. The predicted molar refractivity (Wildman–Crippen MR) is 100 cm³/mol. The van der Waals surface area contributed by atoms with Crippen LogP contribution >= 0.6 is 0 Å². The van der Waals surface area contributed by atoms with Gasteiger partial charge >= 0.3 is 0 Å². The molecule has 25 heavy (non-hydrogen) atoms. The number of carbonyl (C=O) groups excluding carboxylic acids is 2. The van der Waals surface area contributed by atoms with E-state index in [4.69, 9.17) is 0 Å². The van der Waals surface area contributed by atoms with E-state index >= 15 is 0 Å². The van der Waals surface area contributed by atoms with Crippen molar-refractivity contribution in [2.75, 3.05) is 11.9 Å². The maximum absolute atomic E-state index is 12.1. The van der Waals surface area contributed by atoms with Crippen molar-refractivity contribution in [2.24, 2.45) is 17.8 Å². The van der Waals surface area contributed by atoms with Crippen molar-refractivity contribution in [1.82, 2.24) is 5.32 Å². The Labute approximate surface area is 150 Å². The maximum atomic E-state index is 12.1. The quantitative estimate of drug-likeness (QED) is 0.709. The second-order valence-electron chi connectivity index (χ2n) is 7.35. The van der Waals surface area contributed by atoms with Gasteiger partial charge in [0.05, 0.1) is 6.42 Å². The fourth-order valence-electron chi connectivity index (χ4n) is 4.03. The summed E-state index contributed by atoms with van der Waals surface area (Å²) in [6.07, 6.45) is 10.2.